The largest absolute Gasteiger partial charge is 0.465 e. The highest BCUT2D eigenvalue weighted by Crippen LogP contribution is 2.35. The van der Waals surface area contributed by atoms with E-state index in [1.165, 1.54) is 18.4 Å². The van der Waals surface area contributed by atoms with E-state index in [1.807, 2.05) is 11.5 Å². The van der Waals surface area contributed by atoms with E-state index in [4.69, 9.17) is 4.74 Å². The van der Waals surface area contributed by atoms with E-state index in [2.05, 4.69) is 4.99 Å². The van der Waals surface area contributed by atoms with Crippen molar-refractivity contribution in [2.75, 3.05) is 7.11 Å². The van der Waals surface area contributed by atoms with E-state index in [1.54, 1.807) is 12.1 Å². The van der Waals surface area contributed by atoms with Crippen molar-refractivity contribution in [3.05, 3.63) is 39.6 Å². The number of ether oxygens (including phenoxy) is 1. The predicted molar refractivity (Wildman–Crippen MR) is 68.8 cm³/mol. The van der Waals surface area contributed by atoms with Crippen molar-refractivity contribution in [3.8, 4) is 0 Å². The van der Waals surface area contributed by atoms with Crippen molar-refractivity contribution in [3.63, 3.8) is 0 Å². The average molecular weight is 259 g/mol. The van der Waals surface area contributed by atoms with Crippen LogP contribution in [0.2, 0.25) is 0 Å². The summed E-state index contributed by atoms with van der Waals surface area (Å²) >= 11 is 1.49. The number of hydrogen-bond donors (Lipinski definition) is 0. The number of aliphatic imine (C=N–C) groups is 1. The molecule has 1 aliphatic carbocycles. The molecule has 90 valence electrons. The Morgan fingerprint density at radius 2 is 2.28 bits per heavy atom. The number of carbonyl (C=O) groups is 2. The van der Waals surface area contributed by atoms with Crippen molar-refractivity contribution in [2.45, 2.75) is 6.42 Å². The number of hydrogen-bond acceptors (Lipinski definition) is 4. The van der Waals surface area contributed by atoms with E-state index in [0.717, 1.165) is 10.5 Å². The second kappa shape index (κ2) is 4.03. The SMILES string of the molecule is COC(=O)C1=CCC=C2C1=NC(=O)c1ccsc12. The summed E-state index contributed by atoms with van der Waals surface area (Å²) in [6.07, 6.45) is 4.36. The van der Waals surface area contributed by atoms with Crippen LogP contribution in [0, 0.1) is 0 Å². The fraction of sp³-hybridized carbons (Fsp3) is 0.154. The highest BCUT2D eigenvalue weighted by molar-refractivity contribution is 7.12. The maximum Gasteiger partial charge on any atom is 0.339 e. The molecule has 0 unspecified atom stereocenters. The van der Waals surface area contributed by atoms with Gasteiger partial charge in [-0.1, -0.05) is 12.2 Å². The fourth-order valence-corrected chi connectivity index (χ4v) is 3.02. The van der Waals surface area contributed by atoms with Crippen LogP contribution in [0.1, 0.15) is 21.7 Å². The van der Waals surface area contributed by atoms with Crippen molar-refractivity contribution < 1.29 is 14.3 Å². The Labute approximate surface area is 107 Å². The third-order valence-electron chi connectivity index (χ3n) is 2.91. The van der Waals surface area contributed by atoms with Gasteiger partial charge in [0.1, 0.15) is 0 Å². The van der Waals surface area contributed by atoms with Crippen molar-refractivity contribution in [1.29, 1.82) is 0 Å². The van der Waals surface area contributed by atoms with Crippen LogP contribution in [-0.2, 0) is 9.53 Å². The minimum atomic E-state index is -0.452. The highest BCUT2D eigenvalue weighted by Gasteiger charge is 2.31. The van der Waals surface area contributed by atoms with Gasteiger partial charge in [-0.3, -0.25) is 4.79 Å². The molecule has 0 radical (unpaired) electrons. The van der Waals surface area contributed by atoms with Gasteiger partial charge in [-0.2, -0.15) is 0 Å². The molecule has 0 spiro atoms. The number of methoxy groups -OCH3 is 1. The van der Waals surface area contributed by atoms with Gasteiger partial charge in [0.25, 0.3) is 5.91 Å². The maximum atomic E-state index is 11.9. The zero-order valence-corrected chi connectivity index (χ0v) is 10.4. The van der Waals surface area contributed by atoms with E-state index < -0.39 is 5.97 Å². The quantitative estimate of drug-likeness (QED) is 0.727. The molecule has 1 aliphatic heterocycles. The average Bonchev–Trinajstić information content (AvgIpc) is 2.87. The van der Waals surface area contributed by atoms with Gasteiger partial charge < -0.3 is 4.74 Å². The molecule has 3 rings (SSSR count). The maximum absolute atomic E-state index is 11.9. The van der Waals surface area contributed by atoms with Crippen LogP contribution < -0.4 is 0 Å². The lowest BCUT2D eigenvalue weighted by molar-refractivity contribution is -0.135. The van der Waals surface area contributed by atoms with Gasteiger partial charge >= 0.3 is 5.97 Å². The van der Waals surface area contributed by atoms with Crippen molar-refractivity contribution >= 4 is 34.5 Å². The second-order valence-corrected chi connectivity index (χ2v) is 4.81. The molecule has 1 aromatic heterocycles. The first-order valence-electron chi connectivity index (χ1n) is 5.42. The van der Waals surface area contributed by atoms with Gasteiger partial charge in [0.05, 0.1) is 24.0 Å². The van der Waals surface area contributed by atoms with Gasteiger partial charge in [-0.15, -0.1) is 11.3 Å². The lowest BCUT2D eigenvalue weighted by atomic mass is 9.91. The molecular formula is C13H9NO3S. The molecule has 4 nitrogen and oxygen atoms in total. The molecule has 0 aromatic carbocycles. The van der Waals surface area contributed by atoms with Gasteiger partial charge in [0, 0.05) is 10.5 Å². The van der Waals surface area contributed by atoms with Crippen LogP contribution >= 0.6 is 11.3 Å². The molecule has 0 saturated heterocycles. The summed E-state index contributed by atoms with van der Waals surface area (Å²) in [7, 11) is 1.32. The monoisotopic (exact) mass is 259 g/mol. The Bertz CT molecular complexity index is 649. The van der Waals surface area contributed by atoms with Crippen molar-refractivity contribution in [1.82, 2.24) is 0 Å². The summed E-state index contributed by atoms with van der Waals surface area (Å²) in [5.74, 6) is -0.748. The number of thiophene rings is 1. The zero-order valence-electron chi connectivity index (χ0n) is 9.60. The Balaban J connectivity index is 2.14. The van der Waals surface area contributed by atoms with E-state index in [-0.39, 0.29) is 5.91 Å². The van der Waals surface area contributed by atoms with Crippen LogP contribution in [0.15, 0.2) is 34.2 Å². The summed E-state index contributed by atoms with van der Waals surface area (Å²) in [5.41, 5.74) is 2.29. The molecule has 0 saturated carbocycles. The molecular weight excluding hydrogens is 250 g/mol. The Kier molecular flexibility index (Phi) is 2.48. The fourth-order valence-electron chi connectivity index (χ4n) is 2.09. The molecule has 1 amide bonds. The van der Waals surface area contributed by atoms with E-state index >= 15 is 0 Å². The molecule has 0 atom stereocenters. The number of amides is 1. The third-order valence-corrected chi connectivity index (χ3v) is 3.86. The summed E-state index contributed by atoms with van der Waals surface area (Å²) in [6, 6.07) is 1.76. The number of nitrogens with zero attached hydrogens (tertiary/aromatic N) is 1. The summed E-state index contributed by atoms with van der Waals surface area (Å²) in [4.78, 5) is 28.4. The Hall–Kier alpha value is -2.01. The number of esters is 1. The first kappa shape index (κ1) is 11.1. The first-order chi connectivity index (χ1) is 8.72. The molecule has 2 aliphatic rings. The van der Waals surface area contributed by atoms with Gasteiger partial charge in [0.15, 0.2) is 0 Å². The van der Waals surface area contributed by atoms with Gasteiger partial charge in [-0.25, -0.2) is 9.79 Å². The zero-order chi connectivity index (χ0) is 12.7. The van der Waals surface area contributed by atoms with Crippen LogP contribution in [-0.4, -0.2) is 24.7 Å². The molecule has 18 heavy (non-hydrogen) atoms. The minimum absolute atomic E-state index is 0.296. The predicted octanol–water partition coefficient (Wildman–Crippen LogP) is 2.23. The summed E-state index contributed by atoms with van der Waals surface area (Å²) in [5, 5.41) is 1.86. The number of allylic oxidation sites excluding steroid dienone is 3. The lowest BCUT2D eigenvalue weighted by Gasteiger charge is -2.19. The van der Waals surface area contributed by atoms with Crippen LogP contribution in [0.5, 0.6) is 0 Å². The van der Waals surface area contributed by atoms with E-state index in [0.29, 0.717) is 23.3 Å². The Morgan fingerprint density at radius 3 is 3.06 bits per heavy atom. The number of fused-ring (bicyclic) bond motifs is 3. The van der Waals surface area contributed by atoms with Crippen LogP contribution in [0.25, 0.3) is 5.57 Å². The van der Waals surface area contributed by atoms with Crippen LogP contribution in [0.4, 0.5) is 0 Å². The number of carbonyl (C=O) groups excluding carboxylic acids is 2. The normalized spacial score (nSPS) is 17.2. The molecule has 0 fully saturated rings. The molecule has 5 heteroatoms. The lowest BCUT2D eigenvalue weighted by Crippen LogP contribution is -2.22. The van der Waals surface area contributed by atoms with Crippen LogP contribution in [0.3, 0.4) is 0 Å². The van der Waals surface area contributed by atoms with Gasteiger partial charge in [-0.05, 0) is 17.9 Å². The Morgan fingerprint density at radius 1 is 1.44 bits per heavy atom. The highest BCUT2D eigenvalue weighted by atomic mass is 32.1. The van der Waals surface area contributed by atoms with Crippen molar-refractivity contribution in [2.24, 2.45) is 4.99 Å². The van der Waals surface area contributed by atoms with Gasteiger partial charge in [0.2, 0.25) is 0 Å². The first-order valence-corrected chi connectivity index (χ1v) is 6.30. The summed E-state index contributed by atoms with van der Waals surface area (Å²) < 4.78 is 4.72. The molecule has 1 aromatic rings. The number of rotatable bonds is 1. The second-order valence-electron chi connectivity index (χ2n) is 3.89. The topological polar surface area (TPSA) is 55.7 Å². The molecule has 0 bridgehead atoms. The summed E-state index contributed by atoms with van der Waals surface area (Å²) in [6.45, 7) is 0. The minimum Gasteiger partial charge on any atom is -0.465 e. The standard InChI is InChI=1S/C13H9NO3S/c1-17-13(16)8-4-2-3-7-10(8)14-12(15)9-5-6-18-11(7)9/h3-6H,2H2,1H3. The molecule has 2 heterocycles. The van der Waals surface area contributed by atoms with E-state index in [9.17, 15) is 9.59 Å². The smallest absolute Gasteiger partial charge is 0.339 e. The molecule has 0 N–H and O–H groups in total. The third kappa shape index (κ3) is 1.48.